The normalized spacial score (nSPS) is 12.5. The molecule has 1 unspecified atom stereocenters. The zero-order valence-corrected chi connectivity index (χ0v) is 51.9. The van der Waals surface area contributed by atoms with E-state index in [4.69, 9.17) is 14.2 Å². The molecule has 0 fully saturated rings. The van der Waals surface area contributed by atoms with Gasteiger partial charge in [-0.05, 0) is 89.9 Å². The molecule has 0 aromatic heterocycles. The Morgan fingerprint density at radius 2 is 0.500 bits per heavy atom. The number of ether oxygens (including phenoxy) is 3. The number of hydrogen-bond acceptors (Lipinski definition) is 6. The van der Waals surface area contributed by atoms with Gasteiger partial charge in [-0.3, -0.25) is 14.4 Å². The quantitative estimate of drug-likeness (QED) is 0.0261. The largest absolute Gasteiger partial charge is 0.462 e. The van der Waals surface area contributed by atoms with E-state index in [-0.39, 0.29) is 31.1 Å². The lowest BCUT2D eigenvalue weighted by atomic mass is 10.0. The van der Waals surface area contributed by atoms with Crippen molar-refractivity contribution in [2.75, 3.05) is 13.2 Å². The van der Waals surface area contributed by atoms with Crippen molar-refractivity contribution in [2.24, 2.45) is 0 Å². The molecular formula is C72H128O6. The van der Waals surface area contributed by atoms with Crippen molar-refractivity contribution in [1.82, 2.24) is 0 Å². The summed E-state index contributed by atoms with van der Waals surface area (Å²) in [5.74, 6) is -0.869. The first-order valence-corrected chi connectivity index (χ1v) is 33.9. The number of carbonyl (C=O) groups excluding carboxylic acids is 3. The molecule has 0 radical (unpaired) electrons. The second kappa shape index (κ2) is 66.4. The van der Waals surface area contributed by atoms with Crippen LogP contribution in [0.4, 0.5) is 0 Å². The van der Waals surface area contributed by atoms with Crippen LogP contribution in [0.2, 0.25) is 0 Å². The molecule has 0 aromatic rings. The van der Waals surface area contributed by atoms with E-state index in [0.717, 1.165) is 89.9 Å². The molecule has 452 valence electrons. The van der Waals surface area contributed by atoms with E-state index >= 15 is 0 Å². The van der Waals surface area contributed by atoms with Gasteiger partial charge in [0.2, 0.25) is 0 Å². The van der Waals surface area contributed by atoms with Crippen molar-refractivity contribution >= 4 is 17.9 Å². The fourth-order valence-corrected chi connectivity index (χ4v) is 9.88. The summed E-state index contributed by atoms with van der Waals surface area (Å²) in [5.41, 5.74) is 0. The monoisotopic (exact) mass is 1090 g/mol. The van der Waals surface area contributed by atoms with Gasteiger partial charge in [-0.1, -0.05) is 312 Å². The number of allylic oxidation sites excluding steroid dienone is 12. The summed E-state index contributed by atoms with van der Waals surface area (Å²) in [6, 6.07) is 0. The van der Waals surface area contributed by atoms with E-state index in [9.17, 15) is 14.4 Å². The van der Waals surface area contributed by atoms with E-state index in [1.54, 1.807) is 0 Å². The van der Waals surface area contributed by atoms with Gasteiger partial charge < -0.3 is 14.2 Å². The third kappa shape index (κ3) is 63.7. The van der Waals surface area contributed by atoms with Crippen LogP contribution in [0.25, 0.3) is 0 Å². The number of carbonyl (C=O) groups is 3. The lowest BCUT2D eigenvalue weighted by Crippen LogP contribution is -2.30. The Kier molecular flexibility index (Phi) is 63.7. The van der Waals surface area contributed by atoms with Crippen LogP contribution in [0, 0.1) is 0 Å². The summed E-state index contributed by atoms with van der Waals surface area (Å²) < 4.78 is 16.8. The lowest BCUT2D eigenvalue weighted by Gasteiger charge is -2.18. The summed E-state index contributed by atoms with van der Waals surface area (Å²) in [5, 5.41) is 0. The number of rotatable bonds is 62. The molecule has 0 N–H and O–H groups in total. The Morgan fingerprint density at radius 3 is 0.795 bits per heavy atom. The van der Waals surface area contributed by atoms with E-state index in [1.165, 1.54) is 218 Å². The molecule has 0 aliphatic rings. The highest BCUT2D eigenvalue weighted by atomic mass is 16.6. The van der Waals surface area contributed by atoms with Gasteiger partial charge in [0.15, 0.2) is 6.10 Å². The molecule has 1 atom stereocenters. The molecule has 0 heterocycles. The van der Waals surface area contributed by atoms with E-state index < -0.39 is 6.10 Å². The van der Waals surface area contributed by atoms with Crippen LogP contribution in [-0.4, -0.2) is 37.2 Å². The topological polar surface area (TPSA) is 78.9 Å². The summed E-state index contributed by atoms with van der Waals surface area (Å²) in [6.07, 6.45) is 86.8. The van der Waals surface area contributed by atoms with Crippen LogP contribution in [0.15, 0.2) is 72.9 Å². The Hall–Kier alpha value is -3.15. The highest BCUT2D eigenvalue weighted by molar-refractivity contribution is 5.71. The van der Waals surface area contributed by atoms with Crippen molar-refractivity contribution in [3.8, 4) is 0 Å². The predicted octanol–water partition coefficient (Wildman–Crippen LogP) is 23.3. The highest BCUT2D eigenvalue weighted by Crippen LogP contribution is 2.17. The highest BCUT2D eigenvalue weighted by Gasteiger charge is 2.19. The average molecular weight is 1090 g/mol. The maximum Gasteiger partial charge on any atom is 0.306 e. The van der Waals surface area contributed by atoms with Gasteiger partial charge in [0.05, 0.1) is 0 Å². The summed E-state index contributed by atoms with van der Waals surface area (Å²) in [4.78, 5) is 38.1. The first-order chi connectivity index (χ1) is 38.5. The molecule has 0 amide bonds. The maximum absolute atomic E-state index is 12.9. The molecule has 0 rings (SSSR count). The van der Waals surface area contributed by atoms with E-state index in [0.29, 0.717) is 19.3 Å². The zero-order valence-electron chi connectivity index (χ0n) is 51.9. The number of unbranched alkanes of at least 4 members (excludes halogenated alkanes) is 39. The Labute approximate surface area is 484 Å². The van der Waals surface area contributed by atoms with Crippen LogP contribution in [0.5, 0.6) is 0 Å². The van der Waals surface area contributed by atoms with Gasteiger partial charge >= 0.3 is 17.9 Å². The third-order valence-electron chi connectivity index (χ3n) is 14.9. The molecule has 6 nitrogen and oxygen atoms in total. The van der Waals surface area contributed by atoms with Crippen molar-refractivity contribution in [3.63, 3.8) is 0 Å². The van der Waals surface area contributed by atoms with Crippen molar-refractivity contribution in [1.29, 1.82) is 0 Å². The molecule has 0 saturated carbocycles. The van der Waals surface area contributed by atoms with Crippen molar-refractivity contribution < 1.29 is 28.6 Å². The van der Waals surface area contributed by atoms with Crippen molar-refractivity contribution in [2.45, 2.75) is 354 Å². The van der Waals surface area contributed by atoms with Crippen LogP contribution in [-0.2, 0) is 28.6 Å². The number of esters is 3. The van der Waals surface area contributed by atoms with Crippen LogP contribution >= 0.6 is 0 Å². The second-order valence-electron chi connectivity index (χ2n) is 22.7. The van der Waals surface area contributed by atoms with Gasteiger partial charge in [-0.25, -0.2) is 0 Å². The van der Waals surface area contributed by atoms with Gasteiger partial charge in [0.1, 0.15) is 13.2 Å². The first-order valence-electron chi connectivity index (χ1n) is 33.9. The third-order valence-corrected chi connectivity index (χ3v) is 14.9. The predicted molar refractivity (Wildman–Crippen MR) is 339 cm³/mol. The molecular weight excluding hydrogens is 961 g/mol. The first kappa shape index (κ1) is 74.8. The Balaban J connectivity index is 4.04. The van der Waals surface area contributed by atoms with Crippen LogP contribution in [0.1, 0.15) is 348 Å². The van der Waals surface area contributed by atoms with E-state index in [2.05, 4.69) is 93.7 Å². The molecule has 0 saturated heterocycles. The fraction of sp³-hybridized carbons (Fsp3) is 0.792. The maximum atomic E-state index is 12.9. The number of hydrogen-bond donors (Lipinski definition) is 0. The zero-order chi connectivity index (χ0) is 56.4. The van der Waals surface area contributed by atoms with Crippen LogP contribution in [0.3, 0.4) is 0 Å². The smallest absolute Gasteiger partial charge is 0.306 e. The minimum Gasteiger partial charge on any atom is -0.462 e. The minimum atomic E-state index is -0.773. The lowest BCUT2D eigenvalue weighted by molar-refractivity contribution is -0.167. The van der Waals surface area contributed by atoms with Gasteiger partial charge in [0, 0.05) is 19.3 Å². The molecule has 0 spiro atoms. The molecule has 0 aliphatic carbocycles. The summed E-state index contributed by atoms with van der Waals surface area (Å²) in [6.45, 7) is 6.51. The summed E-state index contributed by atoms with van der Waals surface area (Å²) >= 11 is 0. The molecule has 0 aliphatic heterocycles. The standard InChI is InChI=1S/C72H128O6/c1-4-7-10-13-16-18-20-22-24-26-28-30-32-34-36-38-40-42-44-46-48-50-52-54-56-59-62-65-71(74)77-68-69(67-76-70(73)64-61-58-15-12-9-6-3)78-72(75)66-63-60-57-55-53-51-49-47-45-43-41-39-37-35-33-31-29-27-25-23-21-19-17-14-11-8-5-2/h7,10,16,18,22,24,27-30,34,36,69H,4-6,8-9,11-15,17,19-21,23,25-26,31-33,35,37-68H2,1-3H3/b10-7-,18-16-,24-22-,29-27-,30-28-,36-34-. The SMILES string of the molecule is CC/C=C\C/C=C\C/C=C\C/C=C\C/C=C\CCCCCCCCCCCCCC(=O)OCC(COC(=O)CCCCCCCC)OC(=O)CCCCCCCCCCCCCCCCC/C=C\CCCCCCCCCC. The molecule has 6 heteroatoms. The van der Waals surface area contributed by atoms with E-state index in [1.807, 2.05) is 0 Å². The molecule has 0 aromatic carbocycles. The van der Waals surface area contributed by atoms with Crippen LogP contribution < -0.4 is 0 Å². The van der Waals surface area contributed by atoms with Gasteiger partial charge in [-0.2, -0.15) is 0 Å². The average Bonchev–Trinajstić information content (AvgIpc) is 3.44. The minimum absolute atomic E-state index is 0.0731. The Morgan fingerprint density at radius 1 is 0.269 bits per heavy atom. The molecule has 78 heavy (non-hydrogen) atoms. The second-order valence-corrected chi connectivity index (χ2v) is 22.7. The van der Waals surface area contributed by atoms with Gasteiger partial charge in [0.25, 0.3) is 0 Å². The molecule has 0 bridgehead atoms. The fourth-order valence-electron chi connectivity index (χ4n) is 9.88. The summed E-state index contributed by atoms with van der Waals surface area (Å²) in [7, 11) is 0. The Bertz CT molecular complexity index is 1440. The van der Waals surface area contributed by atoms with Crippen molar-refractivity contribution in [3.05, 3.63) is 72.9 Å². The van der Waals surface area contributed by atoms with Gasteiger partial charge in [-0.15, -0.1) is 0 Å².